The van der Waals surface area contributed by atoms with Gasteiger partial charge in [-0.2, -0.15) is 0 Å². The second-order valence-electron chi connectivity index (χ2n) is 6.50. The van der Waals surface area contributed by atoms with Gasteiger partial charge in [-0.1, -0.05) is 48.0 Å². The van der Waals surface area contributed by atoms with E-state index in [1.807, 2.05) is 79.0 Å². The number of anilines is 2. The Morgan fingerprint density at radius 1 is 0.786 bits per heavy atom. The predicted molar refractivity (Wildman–Crippen MR) is 115 cm³/mol. The molecule has 5 heteroatoms. The monoisotopic (exact) mass is 386 g/mol. The first-order valence-electron chi connectivity index (χ1n) is 8.86. The maximum absolute atomic E-state index is 13.0. The fourth-order valence-corrected chi connectivity index (χ4v) is 3.58. The van der Waals surface area contributed by atoms with Crippen LogP contribution >= 0.6 is 11.3 Å². The third-order valence-electron chi connectivity index (χ3n) is 4.43. The van der Waals surface area contributed by atoms with E-state index in [4.69, 9.17) is 0 Å². The summed E-state index contributed by atoms with van der Waals surface area (Å²) in [6.07, 6.45) is 0. The van der Waals surface area contributed by atoms with Crippen LogP contribution in [0.2, 0.25) is 0 Å². The number of nitrogens with one attached hydrogen (secondary N) is 2. The molecule has 28 heavy (non-hydrogen) atoms. The molecule has 0 saturated carbocycles. The van der Waals surface area contributed by atoms with Gasteiger partial charge < -0.3 is 10.6 Å². The minimum atomic E-state index is -0.268. The van der Waals surface area contributed by atoms with Gasteiger partial charge in [-0.3, -0.25) is 9.59 Å². The molecular weight excluding hydrogens is 368 g/mol. The molecule has 0 aliphatic heterocycles. The van der Waals surface area contributed by atoms with Crippen LogP contribution in [0.4, 0.5) is 11.4 Å². The number of fused-ring (bicyclic) bond motifs is 1. The van der Waals surface area contributed by atoms with Gasteiger partial charge in [0.15, 0.2) is 0 Å². The van der Waals surface area contributed by atoms with Crippen molar-refractivity contribution in [3.05, 3.63) is 94.2 Å². The zero-order chi connectivity index (χ0) is 19.5. The molecule has 1 aromatic heterocycles. The van der Waals surface area contributed by atoms with E-state index in [0.29, 0.717) is 21.8 Å². The van der Waals surface area contributed by atoms with E-state index in [2.05, 4.69) is 10.6 Å². The van der Waals surface area contributed by atoms with Gasteiger partial charge in [0.05, 0.1) is 16.1 Å². The summed E-state index contributed by atoms with van der Waals surface area (Å²) in [6.45, 7) is 1.99. The smallest absolute Gasteiger partial charge is 0.265 e. The molecule has 0 atom stereocenters. The normalized spacial score (nSPS) is 10.6. The van der Waals surface area contributed by atoms with Crippen LogP contribution in [0.25, 0.3) is 10.8 Å². The molecule has 0 saturated heterocycles. The van der Waals surface area contributed by atoms with Gasteiger partial charge in [0.25, 0.3) is 11.8 Å². The van der Waals surface area contributed by atoms with E-state index in [0.717, 1.165) is 16.3 Å². The Kier molecular flexibility index (Phi) is 4.91. The molecule has 0 fully saturated rings. The van der Waals surface area contributed by atoms with Gasteiger partial charge in [-0.25, -0.2) is 0 Å². The number of carbonyl (C=O) groups excluding carboxylic acids is 2. The third kappa shape index (κ3) is 3.80. The zero-order valence-corrected chi connectivity index (χ0v) is 16.0. The second kappa shape index (κ2) is 7.66. The summed E-state index contributed by atoms with van der Waals surface area (Å²) >= 11 is 1.36. The van der Waals surface area contributed by atoms with Crippen LogP contribution in [0.15, 0.2) is 78.2 Å². The summed E-state index contributed by atoms with van der Waals surface area (Å²) in [5, 5.41) is 9.54. The van der Waals surface area contributed by atoms with Gasteiger partial charge >= 0.3 is 0 Å². The molecule has 2 N–H and O–H groups in total. The van der Waals surface area contributed by atoms with Crippen molar-refractivity contribution in [3.63, 3.8) is 0 Å². The molecule has 138 valence electrons. The molecule has 4 nitrogen and oxygen atoms in total. The molecule has 0 unspecified atom stereocenters. The molecule has 4 rings (SSSR count). The number of carbonyl (C=O) groups is 2. The first kappa shape index (κ1) is 17.9. The lowest BCUT2D eigenvalue weighted by atomic mass is 10.0. The average Bonchev–Trinajstić information content (AvgIpc) is 3.24. The highest BCUT2D eigenvalue weighted by Gasteiger charge is 2.16. The van der Waals surface area contributed by atoms with Gasteiger partial charge in [-0.05, 0) is 53.4 Å². The molecule has 0 radical (unpaired) electrons. The van der Waals surface area contributed by atoms with Crippen molar-refractivity contribution in [3.8, 4) is 0 Å². The summed E-state index contributed by atoms with van der Waals surface area (Å²) in [6, 6.07) is 22.6. The number of rotatable bonds is 4. The van der Waals surface area contributed by atoms with Gasteiger partial charge in [-0.15, -0.1) is 11.3 Å². The molecule has 0 aliphatic rings. The molecule has 0 aliphatic carbocycles. The van der Waals surface area contributed by atoms with Crippen molar-refractivity contribution in [2.75, 3.05) is 10.6 Å². The quantitative estimate of drug-likeness (QED) is 0.472. The van der Waals surface area contributed by atoms with Crippen LogP contribution in [-0.4, -0.2) is 11.8 Å². The van der Waals surface area contributed by atoms with Crippen molar-refractivity contribution in [2.24, 2.45) is 0 Å². The summed E-state index contributed by atoms with van der Waals surface area (Å²) in [4.78, 5) is 26.1. The van der Waals surface area contributed by atoms with Gasteiger partial charge in [0.1, 0.15) is 0 Å². The Labute approximate surface area is 166 Å². The molecule has 0 spiro atoms. The van der Waals surface area contributed by atoms with Crippen molar-refractivity contribution < 1.29 is 9.59 Å². The molecular formula is C23H18N2O2S. The summed E-state index contributed by atoms with van der Waals surface area (Å²) < 4.78 is 0. The average molecular weight is 386 g/mol. The lowest BCUT2D eigenvalue weighted by Crippen LogP contribution is -2.18. The van der Waals surface area contributed by atoms with Crippen LogP contribution in [0, 0.1) is 6.92 Å². The Balaban J connectivity index is 1.71. The topological polar surface area (TPSA) is 58.2 Å². The number of hydrogen-bond acceptors (Lipinski definition) is 3. The highest BCUT2D eigenvalue weighted by molar-refractivity contribution is 7.12. The molecule has 1 heterocycles. The van der Waals surface area contributed by atoms with Crippen LogP contribution < -0.4 is 10.6 Å². The summed E-state index contributed by atoms with van der Waals surface area (Å²) in [7, 11) is 0. The van der Waals surface area contributed by atoms with Crippen LogP contribution in [0.3, 0.4) is 0 Å². The standard InChI is InChI=1S/C23H18N2O2S/c1-15-8-10-18(11-9-15)24-22(26)19-13-16-5-2-3-6-17(16)14-20(19)25-23(27)21-7-4-12-28-21/h2-14H,1H3,(H,24,26)(H,25,27). The van der Waals surface area contributed by atoms with Crippen molar-refractivity contribution in [1.82, 2.24) is 0 Å². The number of amides is 2. The minimum Gasteiger partial charge on any atom is -0.322 e. The van der Waals surface area contributed by atoms with E-state index >= 15 is 0 Å². The number of thiophene rings is 1. The van der Waals surface area contributed by atoms with E-state index in [1.165, 1.54) is 11.3 Å². The first-order chi connectivity index (χ1) is 13.6. The van der Waals surface area contributed by atoms with Crippen LogP contribution in [0.5, 0.6) is 0 Å². The number of aryl methyl sites for hydroxylation is 1. The second-order valence-corrected chi connectivity index (χ2v) is 7.44. The van der Waals surface area contributed by atoms with E-state index < -0.39 is 0 Å². The van der Waals surface area contributed by atoms with E-state index in [-0.39, 0.29) is 11.8 Å². The van der Waals surface area contributed by atoms with Crippen molar-refractivity contribution in [2.45, 2.75) is 6.92 Å². The molecule has 4 aromatic rings. The summed E-state index contributed by atoms with van der Waals surface area (Å²) in [5.41, 5.74) is 2.73. The van der Waals surface area contributed by atoms with Crippen molar-refractivity contribution in [1.29, 1.82) is 0 Å². The maximum Gasteiger partial charge on any atom is 0.265 e. The highest BCUT2D eigenvalue weighted by Crippen LogP contribution is 2.26. The molecule has 3 aromatic carbocycles. The SMILES string of the molecule is Cc1ccc(NC(=O)c2cc3ccccc3cc2NC(=O)c2cccs2)cc1. The van der Waals surface area contributed by atoms with E-state index in [1.54, 1.807) is 6.07 Å². The first-order valence-corrected chi connectivity index (χ1v) is 9.74. The fourth-order valence-electron chi connectivity index (χ4n) is 2.96. The Morgan fingerprint density at radius 3 is 2.18 bits per heavy atom. The Bertz CT molecular complexity index is 1150. The van der Waals surface area contributed by atoms with E-state index in [9.17, 15) is 9.59 Å². The minimum absolute atomic E-state index is 0.227. The van der Waals surface area contributed by atoms with Crippen molar-refractivity contribution >= 4 is 45.3 Å². The Morgan fingerprint density at radius 2 is 1.50 bits per heavy atom. The lowest BCUT2D eigenvalue weighted by Gasteiger charge is -2.13. The predicted octanol–water partition coefficient (Wildman–Crippen LogP) is 5.71. The van der Waals surface area contributed by atoms with Gasteiger partial charge in [0, 0.05) is 5.69 Å². The fraction of sp³-hybridized carbons (Fsp3) is 0.0435. The lowest BCUT2D eigenvalue weighted by molar-refractivity contribution is 0.102. The Hall–Kier alpha value is -3.44. The highest BCUT2D eigenvalue weighted by atomic mass is 32.1. The zero-order valence-electron chi connectivity index (χ0n) is 15.2. The largest absolute Gasteiger partial charge is 0.322 e. The molecule has 0 bridgehead atoms. The van der Waals surface area contributed by atoms with Gasteiger partial charge in [0.2, 0.25) is 0 Å². The maximum atomic E-state index is 13.0. The number of benzene rings is 3. The third-order valence-corrected chi connectivity index (χ3v) is 5.30. The van der Waals surface area contributed by atoms with Crippen LogP contribution in [-0.2, 0) is 0 Å². The van der Waals surface area contributed by atoms with Crippen LogP contribution in [0.1, 0.15) is 25.6 Å². The molecule has 2 amide bonds. The number of hydrogen-bond donors (Lipinski definition) is 2. The summed E-state index contributed by atoms with van der Waals surface area (Å²) in [5.74, 6) is -0.495.